The van der Waals surface area contributed by atoms with E-state index in [4.69, 9.17) is 0 Å². The van der Waals surface area contributed by atoms with Gasteiger partial charge in [0.1, 0.15) is 0 Å². The molecule has 0 heteroatoms. The minimum absolute atomic E-state index is 1.07. The zero-order valence-corrected chi connectivity index (χ0v) is 4.39. The maximum absolute atomic E-state index is 2.45. The average Bonchev–Trinajstić information content (AvgIpc) is 2.21. The van der Waals surface area contributed by atoms with Crippen LogP contribution < -0.4 is 0 Å². The van der Waals surface area contributed by atoms with Crippen molar-refractivity contribution in [1.82, 2.24) is 0 Å². The lowest BCUT2D eigenvalue weighted by atomic mass is 9.83. The fraction of sp³-hybridized carbons (Fsp3) is 1.00. The Kier molecular flexibility index (Phi) is 0.122. The summed E-state index contributed by atoms with van der Waals surface area (Å²) in [7, 11) is 0. The van der Waals surface area contributed by atoms with Gasteiger partial charge in [0, 0.05) is 0 Å². The normalized spacial score (nSPS) is 105. The lowest BCUT2D eigenvalue weighted by Crippen LogP contribution is -2.18. The summed E-state index contributed by atoms with van der Waals surface area (Å²) in [5.41, 5.74) is 1.07. The van der Waals surface area contributed by atoms with E-state index in [9.17, 15) is 0 Å². The first-order valence-electron chi connectivity index (χ1n) is 3.40. The predicted molar refractivity (Wildman–Crippen MR) is 25.6 cm³/mol. The quantitative estimate of drug-likeness (QED) is 0.420. The van der Waals surface area contributed by atoms with Crippen molar-refractivity contribution in [3.8, 4) is 0 Å². The molecule has 0 amide bonds. The minimum Gasteiger partial charge on any atom is -0.0616 e. The molecule has 0 aromatic heterocycles. The fourth-order valence-corrected chi connectivity index (χ4v) is 3.94. The monoisotopic (exact) mass is 92.1 g/mol. The summed E-state index contributed by atoms with van der Waals surface area (Å²) in [5, 5.41) is 0. The van der Waals surface area contributed by atoms with Crippen LogP contribution in [0.3, 0.4) is 0 Å². The summed E-state index contributed by atoms with van der Waals surface area (Å²) in [4.78, 5) is 0. The van der Waals surface area contributed by atoms with Gasteiger partial charge in [0.15, 0.2) is 0 Å². The third kappa shape index (κ3) is 0.0665. The molecule has 0 heterocycles. The van der Waals surface area contributed by atoms with Crippen LogP contribution in [0, 0.1) is 35.0 Å². The Morgan fingerprint density at radius 2 is 1.86 bits per heavy atom. The number of hydrogen-bond acceptors (Lipinski definition) is 0. The van der Waals surface area contributed by atoms with Crippen LogP contribution in [0.2, 0.25) is 0 Å². The Morgan fingerprint density at radius 3 is 1.86 bits per heavy atom. The van der Waals surface area contributed by atoms with Crippen molar-refractivity contribution in [2.75, 3.05) is 0 Å². The second-order valence-corrected chi connectivity index (χ2v) is 3.94. The molecule has 0 aromatic carbocycles. The van der Waals surface area contributed by atoms with E-state index in [1.165, 1.54) is 29.6 Å². The van der Waals surface area contributed by atoms with Gasteiger partial charge in [0.05, 0.1) is 0 Å². The van der Waals surface area contributed by atoms with E-state index < -0.39 is 0 Å². The highest BCUT2D eigenvalue weighted by molar-refractivity contribution is 5.55. The second kappa shape index (κ2) is 0.340. The van der Waals surface area contributed by atoms with Gasteiger partial charge in [0.25, 0.3) is 0 Å². The SMILES string of the molecule is CC1C2C3C4C3C124. The summed E-state index contributed by atoms with van der Waals surface area (Å²) in [6, 6.07) is 0. The average molecular weight is 92.1 g/mol. The predicted octanol–water partition coefficient (Wildman–Crippen LogP) is 1.13. The molecule has 36 valence electrons. The van der Waals surface area contributed by atoms with Gasteiger partial charge in [-0.2, -0.15) is 0 Å². The molecule has 0 radical (unpaired) electrons. The largest absolute Gasteiger partial charge is 0.0616 e. The van der Waals surface area contributed by atoms with Crippen molar-refractivity contribution in [2.45, 2.75) is 6.92 Å². The highest BCUT2D eigenvalue weighted by atomic mass is 15.1. The Bertz CT molecular complexity index is 160. The molecule has 7 heavy (non-hydrogen) atoms. The molecule has 5 fully saturated rings. The fourth-order valence-electron chi connectivity index (χ4n) is 3.94. The molecule has 0 aliphatic heterocycles. The summed E-state index contributed by atoms with van der Waals surface area (Å²) in [5.74, 6) is 6.39. The van der Waals surface area contributed by atoms with E-state index in [1.54, 1.807) is 0 Å². The highest BCUT2D eigenvalue weighted by Gasteiger charge is 3.09. The smallest absolute Gasteiger partial charge is 0.0167 e. The Labute approximate surface area is 42.9 Å². The Hall–Kier alpha value is 0. The van der Waals surface area contributed by atoms with Crippen molar-refractivity contribution < 1.29 is 0 Å². The van der Waals surface area contributed by atoms with Crippen molar-refractivity contribution in [2.24, 2.45) is 35.0 Å². The third-order valence-electron chi connectivity index (χ3n) is 4.33. The summed E-state index contributed by atoms with van der Waals surface area (Å²) in [6.07, 6.45) is 0. The van der Waals surface area contributed by atoms with Gasteiger partial charge in [-0.25, -0.2) is 0 Å². The first-order chi connectivity index (χ1) is 3.40. The van der Waals surface area contributed by atoms with Crippen LogP contribution >= 0.6 is 0 Å². The third-order valence-corrected chi connectivity index (χ3v) is 4.33. The van der Waals surface area contributed by atoms with Crippen LogP contribution in [0.4, 0.5) is 0 Å². The molecule has 0 aromatic rings. The molecule has 5 saturated carbocycles. The topological polar surface area (TPSA) is 0 Å². The molecule has 4 atom stereocenters. The molecule has 0 N–H and O–H groups in total. The van der Waals surface area contributed by atoms with Crippen LogP contribution in [-0.4, -0.2) is 0 Å². The second-order valence-electron chi connectivity index (χ2n) is 3.94. The maximum Gasteiger partial charge on any atom is -0.0167 e. The Balaban J connectivity index is 2.13. The van der Waals surface area contributed by atoms with E-state index >= 15 is 0 Å². The van der Waals surface area contributed by atoms with Crippen LogP contribution in [-0.2, 0) is 0 Å². The highest BCUT2D eigenvalue weighted by Crippen LogP contribution is 3.12. The zero-order chi connectivity index (χ0) is 4.39. The summed E-state index contributed by atoms with van der Waals surface area (Å²) in [6.45, 7) is 2.45. The standard InChI is InChI=1S/C7H8/c1-2-4-3-5-6(3)7(2,4)5/h2-6H,1H3. The molecule has 0 nitrogen and oxygen atoms in total. The van der Waals surface area contributed by atoms with E-state index in [2.05, 4.69) is 6.92 Å². The Morgan fingerprint density at radius 1 is 1.14 bits per heavy atom. The lowest BCUT2D eigenvalue weighted by molar-refractivity contribution is 0.255. The van der Waals surface area contributed by atoms with E-state index in [0.717, 1.165) is 5.41 Å². The van der Waals surface area contributed by atoms with E-state index in [-0.39, 0.29) is 0 Å². The van der Waals surface area contributed by atoms with Gasteiger partial charge >= 0.3 is 0 Å². The van der Waals surface area contributed by atoms with Gasteiger partial charge in [0.2, 0.25) is 0 Å². The van der Waals surface area contributed by atoms with Gasteiger partial charge < -0.3 is 0 Å². The van der Waals surface area contributed by atoms with Crippen LogP contribution in [0.15, 0.2) is 0 Å². The van der Waals surface area contributed by atoms with Crippen LogP contribution in [0.5, 0.6) is 0 Å². The molecular formula is C7H8. The van der Waals surface area contributed by atoms with Crippen LogP contribution in [0.1, 0.15) is 6.92 Å². The van der Waals surface area contributed by atoms with Crippen molar-refractivity contribution in [3.05, 3.63) is 0 Å². The van der Waals surface area contributed by atoms with Crippen molar-refractivity contribution in [1.29, 1.82) is 0 Å². The van der Waals surface area contributed by atoms with Gasteiger partial charge in [-0.1, -0.05) is 6.92 Å². The molecule has 5 aliphatic rings. The summed E-state index contributed by atoms with van der Waals surface area (Å²) < 4.78 is 0. The van der Waals surface area contributed by atoms with Gasteiger partial charge in [-0.15, -0.1) is 0 Å². The van der Waals surface area contributed by atoms with Crippen LogP contribution in [0.25, 0.3) is 0 Å². The zero-order valence-electron chi connectivity index (χ0n) is 4.39. The molecule has 5 rings (SSSR count). The van der Waals surface area contributed by atoms with E-state index in [0.29, 0.717) is 0 Å². The molecular weight excluding hydrogens is 84.1 g/mol. The first kappa shape index (κ1) is 2.52. The minimum atomic E-state index is 1.07. The van der Waals surface area contributed by atoms with Gasteiger partial charge in [-0.3, -0.25) is 0 Å². The van der Waals surface area contributed by atoms with E-state index in [1.807, 2.05) is 0 Å². The first-order valence-corrected chi connectivity index (χ1v) is 3.40. The molecule has 1 spiro atoms. The number of hydrogen-bond donors (Lipinski definition) is 0. The number of rotatable bonds is 0. The molecule has 2 bridgehead atoms. The molecule has 0 saturated heterocycles. The van der Waals surface area contributed by atoms with Gasteiger partial charge in [-0.05, 0) is 35.0 Å². The summed E-state index contributed by atoms with van der Waals surface area (Å²) >= 11 is 0. The molecule has 5 aliphatic carbocycles. The maximum atomic E-state index is 2.45. The molecule has 4 unspecified atom stereocenters. The van der Waals surface area contributed by atoms with Crippen molar-refractivity contribution in [3.63, 3.8) is 0 Å². The lowest BCUT2D eigenvalue weighted by Gasteiger charge is -2.20. The van der Waals surface area contributed by atoms with Crippen molar-refractivity contribution >= 4 is 0 Å².